The van der Waals surface area contributed by atoms with Crippen molar-refractivity contribution in [2.75, 3.05) is 5.33 Å². The lowest BCUT2D eigenvalue weighted by atomic mass is 9.74. The molecule has 0 aromatic heterocycles. The molecule has 1 atom stereocenters. The lowest BCUT2D eigenvalue weighted by molar-refractivity contribution is 0.0921. The van der Waals surface area contributed by atoms with Crippen LogP contribution in [-0.2, 0) is 0 Å². The molecule has 13 heavy (non-hydrogen) atoms. The van der Waals surface area contributed by atoms with Crippen LogP contribution in [0.4, 0.5) is 0 Å². The van der Waals surface area contributed by atoms with Crippen LogP contribution in [0, 0.1) is 0 Å². The second-order valence-electron chi connectivity index (χ2n) is 3.34. The lowest BCUT2D eigenvalue weighted by Crippen LogP contribution is -2.26. The highest BCUT2D eigenvalue weighted by atomic mass is 79.9. The molecule has 1 unspecified atom stereocenters. The van der Waals surface area contributed by atoms with Gasteiger partial charge in [-0.15, -0.1) is 0 Å². The summed E-state index contributed by atoms with van der Waals surface area (Å²) in [7, 11) is 0. The van der Waals surface area contributed by atoms with Gasteiger partial charge in [0.15, 0.2) is 5.78 Å². The van der Waals surface area contributed by atoms with Crippen molar-refractivity contribution in [2.45, 2.75) is 18.8 Å². The van der Waals surface area contributed by atoms with Gasteiger partial charge in [-0.05, 0) is 18.4 Å². The summed E-state index contributed by atoms with van der Waals surface area (Å²) in [6.45, 7) is 0. The third-order valence-corrected chi connectivity index (χ3v) is 3.11. The van der Waals surface area contributed by atoms with Crippen molar-refractivity contribution in [3.63, 3.8) is 0 Å². The Labute approximate surface area is 86.3 Å². The SMILES string of the molecule is O=C1c2ccccc2C1CCCBr. The Morgan fingerprint density at radius 3 is 2.85 bits per heavy atom. The third kappa shape index (κ3) is 1.44. The van der Waals surface area contributed by atoms with Crippen LogP contribution in [0.25, 0.3) is 0 Å². The van der Waals surface area contributed by atoms with Crippen LogP contribution < -0.4 is 0 Å². The molecule has 0 bridgehead atoms. The number of carbonyl (C=O) groups is 1. The van der Waals surface area contributed by atoms with E-state index in [0.29, 0.717) is 5.78 Å². The number of alkyl halides is 1. The van der Waals surface area contributed by atoms with E-state index in [-0.39, 0.29) is 5.92 Å². The van der Waals surface area contributed by atoms with Crippen LogP contribution in [0.3, 0.4) is 0 Å². The van der Waals surface area contributed by atoms with Gasteiger partial charge in [0.1, 0.15) is 0 Å². The van der Waals surface area contributed by atoms with E-state index in [0.717, 1.165) is 23.7 Å². The van der Waals surface area contributed by atoms with Crippen molar-refractivity contribution < 1.29 is 4.79 Å². The second kappa shape index (κ2) is 3.62. The van der Waals surface area contributed by atoms with Gasteiger partial charge in [0.05, 0.1) is 0 Å². The van der Waals surface area contributed by atoms with Crippen molar-refractivity contribution in [3.05, 3.63) is 35.4 Å². The zero-order valence-corrected chi connectivity index (χ0v) is 8.88. The van der Waals surface area contributed by atoms with E-state index in [2.05, 4.69) is 22.0 Å². The number of rotatable bonds is 3. The summed E-state index contributed by atoms with van der Waals surface area (Å²) in [5.74, 6) is 0.519. The molecule has 1 aliphatic carbocycles. The van der Waals surface area contributed by atoms with E-state index in [1.54, 1.807) is 0 Å². The van der Waals surface area contributed by atoms with Gasteiger partial charge in [0.2, 0.25) is 0 Å². The molecule has 1 nitrogen and oxygen atoms in total. The molecule has 1 aromatic rings. The summed E-state index contributed by atoms with van der Waals surface area (Å²) < 4.78 is 0. The molecule has 2 rings (SSSR count). The largest absolute Gasteiger partial charge is 0.293 e. The molecule has 0 aliphatic heterocycles. The summed E-state index contributed by atoms with van der Waals surface area (Å²) >= 11 is 3.38. The topological polar surface area (TPSA) is 17.1 Å². The molecule has 1 aliphatic rings. The normalized spacial score (nSPS) is 19.5. The molecule has 2 heteroatoms. The van der Waals surface area contributed by atoms with Crippen molar-refractivity contribution >= 4 is 21.7 Å². The standard InChI is InChI=1S/C11H11BrO/c12-7-3-6-10-8-4-1-2-5-9(8)11(10)13/h1-2,4-5,10H,3,6-7H2. The summed E-state index contributed by atoms with van der Waals surface area (Å²) in [4.78, 5) is 11.5. The molecule has 1 aromatic carbocycles. The number of hydrogen-bond donors (Lipinski definition) is 0. The predicted molar refractivity (Wildman–Crippen MR) is 56.5 cm³/mol. The summed E-state index contributed by atoms with van der Waals surface area (Å²) in [5, 5.41) is 0.985. The molecular weight excluding hydrogens is 228 g/mol. The van der Waals surface area contributed by atoms with Gasteiger partial charge in [-0.25, -0.2) is 0 Å². The minimum absolute atomic E-state index is 0.189. The Morgan fingerprint density at radius 2 is 2.08 bits per heavy atom. The number of hydrogen-bond acceptors (Lipinski definition) is 1. The number of fused-ring (bicyclic) bond motifs is 1. The lowest BCUT2D eigenvalue weighted by Gasteiger charge is -2.27. The van der Waals surface area contributed by atoms with Crippen molar-refractivity contribution in [1.82, 2.24) is 0 Å². The molecule has 0 spiro atoms. The number of benzene rings is 1. The molecule has 0 radical (unpaired) electrons. The second-order valence-corrected chi connectivity index (χ2v) is 4.13. The maximum absolute atomic E-state index is 11.5. The van der Waals surface area contributed by atoms with E-state index in [1.165, 1.54) is 5.56 Å². The van der Waals surface area contributed by atoms with Crippen molar-refractivity contribution in [1.29, 1.82) is 0 Å². The fourth-order valence-corrected chi connectivity index (χ4v) is 2.17. The number of Topliss-reactive ketones (excluding diaryl/α,β-unsaturated/α-hetero) is 1. The minimum Gasteiger partial charge on any atom is -0.293 e. The molecule has 0 saturated heterocycles. The zero-order valence-electron chi connectivity index (χ0n) is 7.29. The van der Waals surface area contributed by atoms with Crippen LogP contribution in [0.2, 0.25) is 0 Å². The van der Waals surface area contributed by atoms with E-state index < -0.39 is 0 Å². The van der Waals surface area contributed by atoms with Crippen LogP contribution in [-0.4, -0.2) is 11.1 Å². The first kappa shape index (κ1) is 8.95. The quantitative estimate of drug-likeness (QED) is 0.740. The molecule has 0 saturated carbocycles. The Hall–Kier alpha value is -0.630. The maximum atomic E-state index is 11.5. The Kier molecular flexibility index (Phi) is 2.49. The Balaban J connectivity index is 2.15. The fraction of sp³-hybridized carbons (Fsp3) is 0.364. The van der Waals surface area contributed by atoms with Gasteiger partial charge in [-0.2, -0.15) is 0 Å². The van der Waals surface area contributed by atoms with Gasteiger partial charge < -0.3 is 0 Å². The van der Waals surface area contributed by atoms with Gasteiger partial charge in [0, 0.05) is 16.8 Å². The monoisotopic (exact) mass is 238 g/mol. The predicted octanol–water partition coefficient (Wildman–Crippen LogP) is 3.14. The van der Waals surface area contributed by atoms with E-state index in [1.807, 2.05) is 18.2 Å². The van der Waals surface area contributed by atoms with Crippen LogP contribution in [0.5, 0.6) is 0 Å². The highest BCUT2D eigenvalue weighted by Crippen LogP contribution is 2.37. The summed E-state index contributed by atoms with van der Waals surface area (Å²) in [6.07, 6.45) is 2.06. The smallest absolute Gasteiger partial charge is 0.170 e. The Bertz CT molecular complexity index is 333. The average molecular weight is 239 g/mol. The average Bonchev–Trinajstić information content (AvgIpc) is 2.18. The van der Waals surface area contributed by atoms with Gasteiger partial charge in [-0.3, -0.25) is 4.79 Å². The maximum Gasteiger partial charge on any atom is 0.170 e. The molecule has 0 N–H and O–H groups in total. The molecule has 68 valence electrons. The molecule has 0 fully saturated rings. The Morgan fingerprint density at radius 1 is 1.31 bits per heavy atom. The first-order valence-corrected chi connectivity index (χ1v) is 5.66. The van der Waals surface area contributed by atoms with Crippen LogP contribution in [0.1, 0.15) is 34.7 Å². The van der Waals surface area contributed by atoms with Gasteiger partial charge in [-0.1, -0.05) is 40.2 Å². The fourth-order valence-electron chi connectivity index (χ4n) is 1.84. The molecular formula is C11H11BrO. The van der Waals surface area contributed by atoms with Crippen molar-refractivity contribution in [2.24, 2.45) is 0 Å². The minimum atomic E-state index is 0.189. The summed E-state index contributed by atoms with van der Waals surface area (Å²) in [5.41, 5.74) is 2.18. The molecule has 0 heterocycles. The molecule has 0 amide bonds. The third-order valence-electron chi connectivity index (χ3n) is 2.54. The van der Waals surface area contributed by atoms with Crippen molar-refractivity contribution in [3.8, 4) is 0 Å². The highest BCUT2D eigenvalue weighted by Gasteiger charge is 2.34. The summed E-state index contributed by atoms with van der Waals surface area (Å²) in [6, 6.07) is 7.92. The zero-order chi connectivity index (χ0) is 9.26. The van der Waals surface area contributed by atoms with E-state index in [4.69, 9.17) is 0 Å². The van der Waals surface area contributed by atoms with E-state index in [9.17, 15) is 4.79 Å². The van der Waals surface area contributed by atoms with E-state index >= 15 is 0 Å². The number of ketones is 1. The van der Waals surface area contributed by atoms with Gasteiger partial charge in [0.25, 0.3) is 0 Å². The highest BCUT2D eigenvalue weighted by molar-refractivity contribution is 9.09. The first-order chi connectivity index (χ1) is 6.34. The van der Waals surface area contributed by atoms with Crippen LogP contribution >= 0.6 is 15.9 Å². The number of halogens is 1. The number of carbonyl (C=O) groups excluding carboxylic acids is 1. The van der Waals surface area contributed by atoms with Crippen LogP contribution in [0.15, 0.2) is 24.3 Å². The first-order valence-electron chi connectivity index (χ1n) is 4.53. The van der Waals surface area contributed by atoms with Gasteiger partial charge >= 0.3 is 0 Å².